The zero-order valence-electron chi connectivity index (χ0n) is 16.6. The number of carbonyl (C=O) groups excluding carboxylic acids is 1. The van der Waals surface area contributed by atoms with Crippen molar-refractivity contribution in [3.63, 3.8) is 0 Å². The molecule has 1 atom stereocenters. The summed E-state index contributed by atoms with van der Waals surface area (Å²) in [5, 5.41) is 9.80. The minimum absolute atomic E-state index is 0.318. The highest BCUT2D eigenvalue weighted by atomic mass is 16.6. The Bertz CT molecular complexity index is 642. The highest BCUT2D eigenvalue weighted by Crippen LogP contribution is 2.26. The van der Waals surface area contributed by atoms with E-state index in [0.717, 1.165) is 31.2 Å². The van der Waals surface area contributed by atoms with E-state index in [4.69, 9.17) is 4.74 Å². The van der Waals surface area contributed by atoms with Crippen LogP contribution < -0.4 is 0 Å². The van der Waals surface area contributed by atoms with Crippen molar-refractivity contribution in [1.82, 2.24) is 4.90 Å². The quantitative estimate of drug-likeness (QED) is 0.764. The molecule has 1 N–H and O–H groups in total. The molecule has 1 fully saturated rings. The summed E-state index contributed by atoms with van der Waals surface area (Å²) < 4.78 is 5.51. The first kappa shape index (κ1) is 21.0. The van der Waals surface area contributed by atoms with Gasteiger partial charge in [0.1, 0.15) is 5.60 Å². The van der Waals surface area contributed by atoms with E-state index in [9.17, 15) is 14.7 Å². The Balaban J connectivity index is 2.23. The van der Waals surface area contributed by atoms with E-state index >= 15 is 0 Å². The zero-order chi connectivity index (χ0) is 19.9. The second-order valence-corrected chi connectivity index (χ2v) is 8.19. The van der Waals surface area contributed by atoms with Gasteiger partial charge in [0.15, 0.2) is 6.04 Å². The van der Waals surface area contributed by atoms with Crippen LogP contribution in [-0.2, 0) is 9.53 Å². The van der Waals surface area contributed by atoms with Crippen molar-refractivity contribution in [1.29, 1.82) is 0 Å². The van der Waals surface area contributed by atoms with E-state index in [1.165, 1.54) is 11.3 Å². The molecule has 5 heteroatoms. The van der Waals surface area contributed by atoms with E-state index in [0.29, 0.717) is 12.5 Å². The summed E-state index contributed by atoms with van der Waals surface area (Å²) in [4.78, 5) is 26.1. The molecule has 1 unspecified atom stereocenters. The number of carbonyl (C=O) groups is 2. The van der Waals surface area contributed by atoms with Gasteiger partial charge in [0, 0.05) is 6.54 Å². The molecule has 0 heterocycles. The molecule has 1 saturated carbocycles. The number of rotatable bonds is 6. The monoisotopic (exact) mass is 373 g/mol. The first-order chi connectivity index (χ1) is 12.8. The van der Waals surface area contributed by atoms with Gasteiger partial charge in [-0.05, 0) is 45.1 Å². The summed E-state index contributed by atoms with van der Waals surface area (Å²) in [5.74, 6) is -0.734. The topological polar surface area (TPSA) is 66.8 Å². The maximum absolute atomic E-state index is 12.8. The average Bonchev–Trinajstić information content (AvgIpc) is 2.61. The van der Waals surface area contributed by atoms with Gasteiger partial charge >= 0.3 is 12.1 Å². The second-order valence-electron chi connectivity index (χ2n) is 8.19. The van der Waals surface area contributed by atoms with Crippen LogP contribution in [0.3, 0.4) is 0 Å². The van der Waals surface area contributed by atoms with Crippen molar-refractivity contribution in [2.45, 2.75) is 64.5 Å². The minimum Gasteiger partial charge on any atom is -0.479 e. The van der Waals surface area contributed by atoms with Crippen molar-refractivity contribution in [2.75, 3.05) is 6.54 Å². The van der Waals surface area contributed by atoms with Gasteiger partial charge < -0.3 is 9.84 Å². The van der Waals surface area contributed by atoms with Crippen molar-refractivity contribution in [2.24, 2.45) is 5.92 Å². The predicted molar refractivity (Wildman–Crippen MR) is 106 cm³/mol. The Morgan fingerprint density at radius 3 is 2.37 bits per heavy atom. The summed E-state index contributed by atoms with van der Waals surface area (Å²) in [7, 11) is 0. The predicted octanol–water partition coefficient (Wildman–Crippen LogP) is 4.97. The largest absolute Gasteiger partial charge is 0.479 e. The number of hydrogen-bond donors (Lipinski definition) is 1. The molecule has 0 spiro atoms. The van der Waals surface area contributed by atoms with Gasteiger partial charge in [0.05, 0.1) is 0 Å². The molecular weight excluding hydrogens is 342 g/mol. The molecule has 1 aromatic carbocycles. The fourth-order valence-corrected chi connectivity index (χ4v) is 3.36. The molecule has 1 aliphatic rings. The first-order valence-electron chi connectivity index (χ1n) is 9.72. The van der Waals surface area contributed by atoms with Gasteiger partial charge in [-0.1, -0.05) is 61.7 Å². The van der Waals surface area contributed by atoms with E-state index in [1.807, 2.05) is 30.3 Å². The third-order valence-corrected chi connectivity index (χ3v) is 4.67. The van der Waals surface area contributed by atoms with Gasteiger partial charge in [-0.3, -0.25) is 4.90 Å². The molecule has 5 nitrogen and oxygen atoms in total. The summed E-state index contributed by atoms with van der Waals surface area (Å²) in [6.07, 6.45) is 8.26. The zero-order valence-corrected chi connectivity index (χ0v) is 16.6. The maximum atomic E-state index is 12.8. The van der Waals surface area contributed by atoms with Crippen LogP contribution >= 0.6 is 0 Å². The van der Waals surface area contributed by atoms with Gasteiger partial charge in [0.25, 0.3) is 0 Å². The lowest BCUT2D eigenvalue weighted by molar-refractivity contribution is -0.141. The molecule has 1 aliphatic carbocycles. The fourth-order valence-electron chi connectivity index (χ4n) is 3.36. The lowest BCUT2D eigenvalue weighted by Crippen LogP contribution is -2.48. The number of ether oxygens (including phenoxy) is 1. The SMILES string of the molecule is CC(C)(C)OC(=O)N(CC1CCCCC1)C(/C=C/c1ccccc1)C(=O)O. The molecule has 0 saturated heterocycles. The molecule has 0 aromatic heterocycles. The molecule has 148 valence electrons. The van der Waals surface area contributed by atoms with E-state index < -0.39 is 23.7 Å². The second kappa shape index (κ2) is 9.58. The summed E-state index contributed by atoms with van der Waals surface area (Å²) in [6.45, 7) is 5.78. The van der Waals surface area contributed by atoms with Crippen LogP contribution in [0.2, 0.25) is 0 Å². The van der Waals surface area contributed by atoms with Gasteiger partial charge in [0.2, 0.25) is 0 Å². The summed E-state index contributed by atoms with van der Waals surface area (Å²) >= 11 is 0. The smallest absolute Gasteiger partial charge is 0.411 e. The highest BCUT2D eigenvalue weighted by Gasteiger charge is 2.33. The molecule has 1 amide bonds. The van der Waals surface area contributed by atoms with Gasteiger partial charge in [-0.15, -0.1) is 0 Å². The molecule has 2 rings (SSSR count). The van der Waals surface area contributed by atoms with Gasteiger partial charge in [-0.2, -0.15) is 0 Å². The third kappa shape index (κ3) is 7.08. The standard InChI is InChI=1S/C22H31NO4/c1-22(2,3)27-21(26)23(16-18-12-8-5-9-13-18)19(20(24)25)15-14-17-10-6-4-7-11-17/h4,6-7,10-11,14-15,18-19H,5,8-9,12-13,16H2,1-3H3,(H,24,25)/b15-14+. The van der Waals surface area contributed by atoms with Crippen LogP contribution in [0.4, 0.5) is 4.79 Å². The Morgan fingerprint density at radius 2 is 1.81 bits per heavy atom. The Kier molecular flexibility index (Phi) is 7.45. The third-order valence-electron chi connectivity index (χ3n) is 4.67. The van der Waals surface area contributed by atoms with E-state index in [2.05, 4.69) is 0 Å². The average molecular weight is 373 g/mol. The van der Waals surface area contributed by atoms with Crippen LogP contribution in [0.15, 0.2) is 36.4 Å². The Morgan fingerprint density at radius 1 is 1.19 bits per heavy atom. The number of hydrogen-bond acceptors (Lipinski definition) is 3. The van der Waals surface area contributed by atoms with Crippen molar-refractivity contribution in [3.8, 4) is 0 Å². The molecule has 1 aromatic rings. The molecule has 0 radical (unpaired) electrons. The Labute approximate surface area is 162 Å². The van der Waals surface area contributed by atoms with Crippen LogP contribution in [0.1, 0.15) is 58.4 Å². The van der Waals surface area contributed by atoms with Crippen LogP contribution in [0.25, 0.3) is 6.08 Å². The number of benzene rings is 1. The molecule has 0 bridgehead atoms. The molecule has 27 heavy (non-hydrogen) atoms. The number of carboxylic acid groups (broad SMARTS) is 1. The maximum Gasteiger partial charge on any atom is 0.411 e. The normalized spacial score (nSPS) is 16.9. The van der Waals surface area contributed by atoms with Crippen LogP contribution in [0.5, 0.6) is 0 Å². The highest BCUT2D eigenvalue weighted by molar-refractivity contribution is 5.83. The molecular formula is C22H31NO4. The van der Waals surface area contributed by atoms with Crippen LogP contribution in [-0.4, -0.2) is 40.3 Å². The Hall–Kier alpha value is -2.30. The van der Waals surface area contributed by atoms with Crippen molar-refractivity contribution < 1.29 is 19.4 Å². The number of nitrogens with zero attached hydrogens (tertiary/aromatic N) is 1. The van der Waals surface area contributed by atoms with Crippen molar-refractivity contribution in [3.05, 3.63) is 42.0 Å². The first-order valence-corrected chi connectivity index (χ1v) is 9.72. The lowest BCUT2D eigenvalue weighted by Gasteiger charge is -2.34. The number of aliphatic carboxylic acids is 1. The van der Waals surface area contributed by atoms with E-state index in [1.54, 1.807) is 32.9 Å². The van der Waals surface area contributed by atoms with Crippen LogP contribution in [0, 0.1) is 5.92 Å². The van der Waals surface area contributed by atoms with Crippen molar-refractivity contribution >= 4 is 18.1 Å². The fraction of sp³-hybridized carbons (Fsp3) is 0.545. The molecule has 0 aliphatic heterocycles. The minimum atomic E-state index is -1.05. The van der Waals surface area contributed by atoms with E-state index in [-0.39, 0.29) is 0 Å². The number of amides is 1. The summed E-state index contributed by atoms with van der Waals surface area (Å²) in [6, 6.07) is 8.43. The summed E-state index contributed by atoms with van der Waals surface area (Å²) in [5.41, 5.74) is 0.222. The van der Waals surface area contributed by atoms with Gasteiger partial charge in [-0.25, -0.2) is 9.59 Å². The lowest BCUT2D eigenvalue weighted by atomic mass is 9.88. The number of carboxylic acids is 1.